The quantitative estimate of drug-likeness (QED) is 0.00453. The van der Waals surface area contributed by atoms with E-state index in [0.717, 1.165) is 77.5 Å². The number of nitriles is 1. The van der Waals surface area contributed by atoms with Gasteiger partial charge in [0.1, 0.15) is 23.0 Å². The molecular formula is C78H100N12O13. The number of nitro groups is 1. The first-order chi connectivity index (χ1) is 49.4. The molecule has 3 unspecified atom stereocenters. The number of fused-ring (bicyclic) bond motifs is 6. The number of nitrogens with one attached hydrogen (secondary N) is 3. The van der Waals surface area contributed by atoms with Crippen molar-refractivity contribution < 1.29 is 58.3 Å². The number of aliphatic hydroxyl groups excluding tert-OH is 1. The highest BCUT2D eigenvalue weighted by molar-refractivity contribution is 5.95. The Labute approximate surface area is 602 Å². The molecule has 103 heavy (non-hydrogen) atoms. The second-order valence-corrected chi connectivity index (χ2v) is 29.1. The van der Waals surface area contributed by atoms with Crippen LogP contribution in [0.5, 0.6) is 28.7 Å². The number of benzene rings is 5. The van der Waals surface area contributed by atoms with Crippen LogP contribution in [0.25, 0.3) is 21.3 Å². The number of H-pyrrole nitrogens is 1. The number of likely N-dealkylation sites (N-methyl/N-ethyl adjacent to an activating group) is 2. The molecule has 0 radical (unpaired) electrons. The average molecular weight is 1410 g/mol. The zero-order chi connectivity index (χ0) is 74.0. The van der Waals surface area contributed by atoms with Crippen molar-refractivity contribution in [3.63, 3.8) is 0 Å². The van der Waals surface area contributed by atoms with Gasteiger partial charge in [0, 0.05) is 120 Å². The number of hydrogen-bond donors (Lipinski definition) is 6. The number of esters is 1. The highest BCUT2D eigenvalue weighted by atomic mass is 16.6. The minimum Gasteiger partial charge on any atom is -0.496 e. The van der Waals surface area contributed by atoms with Gasteiger partial charge in [-0.3, -0.25) is 29.5 Å². The number of amides is 1. The molecular weight excluding hydrogens is 1310 g/mol. The van der Waals surface area contributed by atoms with Crippen molar-refractivity contribution in [1.29, 1.82) is 5.26 Å². The van der Waals surface area contributed by atoms with Gasteiger partial charge in [-0.1, -0.05) is 81.4 Å². The Hall–Kier alpha value is -9.12. The van der Waals surface area contributed by atoms with E-state index in [1.54, 1.807) is 35.5 Å². The van der Waals surface area contributed by atoms with E-state index in [2.05, 4.69) is 85.5 Å². The van der Waals surface area contributed by atoms with E-state index in [-0.39, 0.29) is 54.5 Å². The van der Waals surface area contributed by atoms with Gasteiger partial charge < -0.3 is 69.2 Å². The Balaban J connectivity index is 0.000000271. The number of anilines is 2. The second-order valence-electron chi connectivity index (χ2n) is 29.1. The van der Waals surface area contributed by atoms with Gasteiger partial charge in [-0.05, 0) is 160 Å². The van der Waals surface area contributed by atoms with Gasteiger partial charge in [0.15, 0.2) is 28.6 Å². The van der Waals surface area contributed by atoms with Crippen molar-refractivity contribution in [2.45, 2.75) is 131 Å². The fourth-order valence-electron chi connectivity index (χ4n) is 18.7. The van der Waals surface area contributed by atoms with Crippen LogP contribution >= 0.6 is 0 Å². The molecule has 6 N–H and O–H groups in total. The molecule has 1 aromatic heterocycles. The van der Waals surface area contributed by atoms with Crippen LogP contribution in [0.4, 0.5) is 22.7 Å². The molecule has 3 fully saturated rings. The standard InChI is InChI=1S/C51H62N10O9.C27H38N2O4/c1-6-47(65)26-30-27-50(46(64)70-5,41-33(15-21-59(28-30)29-47)32-11-8-9-12-36(32)55-41)35-24-34-38(25-40(35)69-4)58(3)43-49(34)17-22-60-20-10-16-48(7-2,42(49)60)44(62)51(43,66)45(63)54-19-18-53-37-14-13-31(56-57-52)23-39(37)61(67)68;1-20(2)27(19-28,22-10-12-24(31-5)26(18-22)33-7)14-8-15-29(3)16-13-21-9-11-23(30-4)25(17-21)32-6/h8-14,16,23-25,30,42-44,53,55,62,65-66H,6-7,15,17-22,26-29H2,1-5H3,(H,54,63);9-12,17-18,20H,8,13-16H2,1-7H3/t30?,42-,43+,44+,47-,48+,49+,50-,51-;/m0./s1. The topological polar surface area (TPSA) is 319 Å². The first kappa shape index (κ1) is 75.1. The number of methoxy groups -OCH3 is 6. The summed E-state index contributed by atoms with van der Waals surface area (Å²) in [4.78, 5) is 57.3. The minimum atomic E-state index is -2.42. The Morgan fingerprint density at radius 3 is 2.27 bits per heavy atom. The van der Waals surface area contributed by atoms with Crippen LogP contribution in [-0.4, -0.2) is 197 Å². The fraction of sp³-hybridized carbons (Fsp3) is 0.526. The zero-order valence-corrected chi connectivity index (χ0v) is 61.4. The summed E-state index contributed by atoms with van der Waals surface area (Å²) in [6.07, 6.45) is 7.85. The number of carbonyl (C=O) groups excluding carboxylic acids is 2. The zero-order valence-electron chi connectivity index (χ0n) is 61.4. The summed E-state index contributed by atoms with van der Waals surface area (Å²) >= 11 is 0. The summed E-state index contributed by atoms with van der Waals surface area (Å²) in [6, 6.07) is 29.2. The highest BCUT2D eigenvalue weighted by Gasteiger charge is 2.79. The lowest BCUT2D eigenvalue weighted by atomic mass is 9.47. The van der Waals surface area contributed by atoms with Crippen molar-refractivity contribution in [1.82, 2.24) is 25.0 Å². The number of nitrogens with zero attached hydrogens (tertiary/aromatic N) is 9. The van der Waals surface area contributed by atoms with Gasteiger partial charge in [0.25, 0.3) is 11.6 Å². The van der Waals surface area contributed by atoms with E-state index in [4.69, 9.17) is 34.0 Å². The summed E-state index contributed by atoms with van der Waals surface area (Å²) in [6.45, 7) is 13.1. The summed E-state index contributed by atoms with van der Waals surface area (Å²) in [5.41, 5.74) is 8.05. The van der Waals surface area contributed by atoms with E-state index in [1.807, 2.05) is 92.5 Å². The highest BCUT2D eigenvalue weighted by Crippen LogP contribution is 2.68. The number of nitro benzene ring substituents is 1. The average Bonchev–Trinajstić information content (AvgIpc) is 1.50. The summed E-state index contributed by atoms with van der Waals surface area (Å²) < 4.78 is 34.0. The molecule has 25 heteroatoms. The molecule has 1 spiro atoms. The number of para-hydroxylation sites is 1. The molecule has 5 aliphatic heterocycles. The molecule has 25 nitrogen and oxygen atoms in total. The predicted molar refractivity (Wildman–Crippen MR) is 394 cm³/mol. The fourth-order valence-corrected chi connectivity index (χ4v) is 18.7. The molecule has 1 aliphatic carbocycles. The lowest BCUT2D eigenvalue weighted by Gasteiger charge is -2.63. The molecule has 2 bridgehead atoms. The second kappa shape index (κ2) is 30.3. The maximum atomic E-state index is 15.5. The van der Waals surface area contributed by atoms with Gasteiger partial charge in [-0.15, -0.1) is 0 Å². The Morgan fingerprint density at radius 1 is 0.883 bits per heavy atom. The number of aromatic nitrogens is 1. The van der Waals surface area contributed by atoms with Crippen molar-refractivity contribution in [2.75, 3.05) is 126 Å². The molecule has 6 aromatic rings. The van der Waals surface area contributed by atoms with E-state index < -0.39 is 61.8 Å². The minimum absolute atomic E-state index is 0.0149. The van der Waals surface area contributed by atoms with Crippen LogP contribution in [0.3, 0.4) is 0 Å². The molecule has 5 aromatic carbocycles. The third-order valence-electron chi connectivity index (χ3n) is 23.7. The number of aliphatic hydroxyl groups is 3. The number of aromatic amines is 1. The third-order valence-corrected chi connectivity index (χ3v) is 23.7. The summed E-state index contributed by atoms with van der Waals surface area (Å²) in [7, 11) is 13.5. The van der Waals surface area contributed by atoms with Gasteiger partial charge in [-0.2, -0.15) is 5.26 Å². The summed E-state index contributed by atoms with van der Waals surface area (Å²) in [5, 5.41) is 71.0. The van der Waals surface area contributed by atoms with E-state index in [0.29, 0.717) is 99.0 Å². The Morgan fingerprint density at radius 2 is 1.60 bits per heavy atom. The smallest absolute Gasteiger partial charge is 0.322 e. The van der Waals surface area contributed by atoms with Crippen LogP contribution in [-0.2, 0) is 43.4 Å². The normalized spacial score (nSPS) is 26.4. The van der Waals surface area contributed by atoms with Gasteiger partial charge in [0.05, 0.1) is 70.7 Å². The van der Waals surface area contributed by atoms with Gasteiger partial charge in [-0.25, -0.2) is 0 Å². The van der Waals surface area contributed by atoms with Crippen molar-refractivity contribution in [3.8, 4) is 34.8 Å². The van der Waals surface area contributed by atoms with E-state index in [9.17, 15) is 30.7 Å². The van der Waals surface area contributed by atoms with Crippen LogP contribution in [0.15, 0.2) is 108 Å². The van der Waals surface area contributed by atoms with E-state index >= 15 is 9.59 Å². The molecule has 6 aliphatic rings. The number of hydrogen-bond acceptors (Lipinski definition) is 20. The molecule has 11 atom stereocenters. The van der Waals surface area contributed by atoms with Gasteiger partial charge in [0.2, 0.25) is 0 Å². The molecule has 6 heterocycles. The number of ether oxygens (including phenoxy) is 6. The number of azide groups is 1. The lowest BCUT2D eigenvalue weighted by molar-refractivity contribution is -0.383. The van der Waals surface area contributed by atoms with Crippen LogP contribution in [0.2, 0.25) is 0 Å². The van der Waals surface area contributed by atoms with Gasteiger partial charge >= 0.3 is 5.97 Å². The molecule has 1 amide bonds. The maximum absolute atomic E-state index is 15.5. The summed E-state index contributed by atoms with van der Waals surface area (Å²) in [5.74, 6) is 1.98. The molecule has 550 valence electrons. The van der Waals surface area contributed by atoms with Crippen molar-refractivity contribution in [2.24, 2.45) is 22.4 Å². The monoisotopic (exact) mass is 1410 g/mol. The van der Waals surface area contributed by atoms with Crippen LogP contribution < -0.4 is 39.2 Å². The Bertz CT molecular complexity index is 4270. The number of piperidine rings is 1. The van der Waals surface area contributed by atoms with Crippen molar-refractivity contribution >= 4 is 45.5 Å². The van der Waals surface area contributed by atoms with Crippen LogP contribution in [0.1, 0.15) is 106 Å². The number of carbonyl (C=O) groups is 2. The van der Waals surface area contributed by atoms with E-state index in [1.165, 1.54) is 24.8 Å². The number of rotatable bonds is 25. The Kier molecular flexibility index (Phi) is 22.1. The van der Waals surface area contributed by atoms with Crippen LogP contribution in [0, 0.1) is 38.7 Å². The SMILES string of the molecule is CC[C@]1(O)CC2CN(CCc3c([nH]c4ccccc34)[C@@](C(=O)OC)(c3cc4c(cc3OC)N(C)[C@H]3[C@@](O)(C(=O)NCCNc5ccc(N=[N+]=[N-])cc5[N+](=O)[O-])[C@H](O)[C@]5(CC)C=CCN6CC[C@]43[C@@H]65)C2)C1.COc1ccc(CCN(C)CCCC(C#N)(c2ccc(OC)c(OC)c2)C(C)C)cc1OC. The lowest BCUT2D eigenvalue weighted by Crippen LogP contribution is -2.81. The largest absolute Gasteiger partial charge is 0.496 e. The molecule has 12 rings (SSSR count). The first-order valence-corrected chi connectivity index (χ1v) is 35.8. The molecule has 2 saturated heterocycles. The van der Waals surface area contributed by atoms with Crippen molar-refractivity contribution in [3.05, 3.63) is 157 Å². The predicted octanol–water partition coefficient (Wildman–Crippen LogP) is 10.4. The molecule has 1 saturated carbocycles. The third kappa shape index (κ3) is 13.0. The first-order valence-electron chi connectivity index (χ1n) is 35.8. The maximum Gasteiger partial charge on any atom is 0.322 e.